The maximum Gasteiger partial charge on any atom is 0.0121 e. The van der Waals surface area contributed by atoms with E-state index >= 15 is 0 Å². The van der Waals surface area contributed by atoms with Gasteiger partial charge >= 0.3 is 0 Å². The van der Waals surface area contributed by atoms with Crippen molar-refractivity contribution in [3.63, 3.8) is 0 Å². The molecule has 10 heavy (non-hydrogen) atoms. The van der Waals surface area contributed by atoms with Crippen LogP contribution < -0.4 is 0 Å². The maximum atomic E-state index is 2.56. The Labute approximate surface area is 63.4 Å². The summed E-state index contributed by atoms with van der Waals surface area (Å²) < 4.78 is 0. The van der Waals surface area contributed by atoms with Gasteiger partial charge in [-0.1, -0.05) is 12.8 Å². The lowest BCUT2D eigenvalue weighted by atomic mass is 9.85. The van der Waals surface area contributed by atoms with Crippen molar-refractivity contribution in [3.05, 3.63) is 0 Å². The minimum absolute atomic E-state index is 0.966. The molecule has 1 aliphatic carbocycles. The lowest BCUT2D eigenvalue weighted by molar-refractivity contribution is 0.215. The minimum atomic E-state index is 0.966. The molecular formula is C9H17N. The SMILES string of the molecule is CN1CC[C@H]2CCCCC21. The average Bonchev–Trinajstić information content (AvgIpc) is 2.34. The molecule has 2 rings (SSSR count). The van der Waals surface area contributed by atoms with Crippen LogP contribution in [0.3, 0.4) is 0 Å². The monoisotopic (exact) mass is 139 g/mol. The quantitative estimate of drug-likeness (QED) is 0.495. The lowest BCUT2D eigenvalue weighted by Gasteiger charge is -2.28. The van der Waals surface area contributed by atoms with Gasteiger partial charge in [0.1, 0.15) is 0 Å². The number of likely N-dealkylation sites (tertiary alicyclic amines) is 1. The fourth-order valence-electron chi connectivity index (χ4n) is 2.64. The molecule has 1 unspecified atom stereocenters. The summed E-state index contributed by atoms with van der Waals surface area (Å²) in [5, 5.41) is 0. The van der Waals surface area contributed by atoms with Gasteiger partial charge in [0, 0.05) is 6.04 Å². The van der Waals surface area contributed by atoms with E-state index in [-0.39, 0.29) is 0 Å². The summed E-state index contributed by atoms with van der Waals surface area (Å²) in [5.41, 5.74) is 0. The summed E-state index contributed by atoms with van der Waals surface area (Å²) in [7, 11) is 2.29. The van der Waals surface area contributed by atoms with Crippen LogP contribution in [0.1, 0.15) is 32.1 Å². The first-order chi connectivity index (χ1) is 4.88. The number of hydrogen-bond acceptors (Lipinski definition) is 1. The van der Waals surface area contributed by atoms with Gasteiger partial charge in [0.15, 0.2) is 0 Å². The third kappa shape index (κ3) is 0.968. The van der Waals surface area contributed by atoms with E-state index < -0.39 is 0 Å². The van der Waals surface area contributed by atoms with E-state index in [4.69, 9.17) is 0 Å². The molecule has 0 bridgehead atoms. The Hall–Kier alpha value is -0.0400. The maximum absolute atomic E-state index is 2.56. The molecule has 2 atom stereocenters. The number of hydrogen-bond donors (Lipinski definition) is 0. The van der Waals surface area contributed by atoms with Crippen molar-refractivity contribution in [3.8, 4) is 0 Å². The Morgan fingerprint density at radius 3 is 2.70 bits per heavy atom. The van der Waals surface area contributed by atoms with Crippen LogP contribution in [-0.4, -0.2) is 24.5 Å². The predicted molar refractivity (Wildman–Crippen MR) is 43.0 cm³/mol. The molecule has 2 aliphatic rings. The van der Waals surface area contributed by atoms with Crippen molar-refractivity contribution in [2.75, 3.05) is 13.6 Å². The Bertz CT molecular complexity index is 120. The summed E-state index contributed by atoms with van der Waals surface area (Å²) >= 11 is 0. The average molecular weight is 139 g/mol. The Morgan fingerprint density at radius 2 is 1.90 bits per heavy atom. The highest BCUT2D eigenvalue weighted by Crippen LogP contribution is 2.34. The van der Waals surface area contributed by atoms with Gasteiger partial charge in [-0.05, 0) is 38.8 Å². The van der Waals surface area contributed by atoms with E-state index in [0.29, 0.717) is 0 Å². The van der Waals surface area contributed by atoms with Crippen LogP contribution in [0.4, 0.5) is 0 Å². The largest absolute Gasteiger partial charge is 0.303 e. The molecule has 0 aromatic heterocycles. The second-order valence-corrected chi connectivity index (χ2v) is 3.88. The van der Waals surface area contributed by atoms with Crippen LogP contribution in [0.15, 0.2) is 0 Å². The fourth-order valence-corrected chi connectivity index (χ4v) is 2.64. The van der Waals surface area contributed by atoms with Crippen LogP contribution in [-0.2, 0) is 0 Å². The molecule has 1 saturated heterocycles. The predicted octanol–water partition coefficient (Wildman–Crippen LogP) is 1.88. The van der Waals surface area contributed by atoms with Crippen LogP contribution in [0.25, 0.3) is 0 Å². The molecule has 1 aliphatic heterocycles. The molecule has 1 heteroatoms. The summed E-state index contributed by atoms with van der Waals surface area (Å²) in [4.78, 5) is 2.56. The smallest absolute Gasteiger partial charge is 0.0121 e. The number of nitrogens with zero attached hydrogens (tertiary/aromatic N) is 1. The molecule has 0 aromatic rings. The zero-order valence-electron chi connectivity index (χ0n) is 6.84. The van der Waals surface area contributed by atoms with Crippen molar-refractivity contribution >= 4 is 0 Å². The number of rotatable bonds is 0. The van der Waals surface area contributed by atoms with E-state index in [9.17, 15) is 0 Å². The highest BCUT2D eigenvalue weighted by Gasteiger charge is 2.32. The second-order valence-electron chi connectivity index (χ2n) is 3.88. The standard InChI is InChI=1S/C9H17N/c1-10-7-6-8-4-2-3-5-9(8)10/h8-9H,2-7H2,1H3/t8-,9?/m1/s1. The van der Waals surface area contributed by atoms with E-state index in [2.05, 4.69) is 11.9 Å². The first kappa shape index (κ1) is 6.66. The van der Waals surface area contributed by atoms with E-state index in [1.807, 2.05) is 0 Å². The molecular weight excluding hydrogens is 122 g/mol. The molecule has 1 saturated carbocycles. The van der Waals surface area contributed by atoms with Gasteiger partial charge in [-0.25, -0.2) is 0 Å². The van der Waals surface area contributed by atoms with Crippen molar-refractivity contribution < 1.29 is 0 Å². The zero-order chi connectivity index (χ0) is 6.97. The van der Waals surface area contributed by atoms with E-state index in [1.54, 1.807) is 0 Å². The lowest BCUT2D eigenvalue weighted by Crippen LogP contribution is -2.31. The highest BCUT2D eigenvalue weighted by molar-refractivity contribution is 4.87. The zero-order valence-corrected chi connectivity index (χ0v) is 6.84. The first-order valence-electron chi connectivity index (χ1n) is 4.58. The first-order valence-corrected chi connectivity index (χ1v) is 4.58. The van der Waals surface area contributed by atoms with E-state index in [0.717, 1.165) is 12.0 Å². The molecule has 1 heterocycles. The Morgan fingerprint density at radius 1 is 1.10 bits per heavy atom. The Balaban J connectivity index is 2.01. The summed E-state index contributed by atoms with van der Waals surface area (Å²) in [6, 6.07) is 0.966. The van der Waals surface area contributed by atoms with Gasteiger partial charge in [-0.3, -0.25) is 0 Å². The molecule has 1 nitrogen and oxygen atoms in total. The number of fused-ring (bicyclic) bond motifs is 1. The van der Waals surface area contributed by atoms with Gasteiger partial charge in [0.05, 0.1) is 0 Å². The molecule has 0 aromatic carbocycles. The molecule has 58 valence electrons. The molecule has 2 fully saturated rings. The molecule has 0 N–H and O–H groups in total. The fraction of sp³-hybridized carbons (Fsp3) is 1.00. The minimum Gasteiger partial charge on any atom is -0.303 e. The van der Waals surface area contributed by atoms with Gasteiger partial charge in [0.25, 0.3) is 0 Å². The summed E-state index contributed by atoms with van der Waals surface area (Å²) in [6.45, 7) is 1.36. The van der Waals surface area contributed by atoms with Crippen molar-refractivity contribution in [2.24, 2.45) is 5.92 Å². The molecule has 0 spiro atoms. The Kier molecular flexibility index (Phi) is 1.69. The van der Waals surface area contributed by atoms with Gasteiger partial charge in [0.2, 0.25) is 0 Å². The van der Waals surface area contributed by atoms with Crippen LogP contribution in [0.2, 0.25) is 0 Å². The molecule has 0 radical (unpaired) electrons. The van der Waals surface area contributed by atoms with E-state index in [1.165, 1.54) is 38.6 Å². The van der Waals surface area contributed by atoms with Crippen molar-refractivity contribution in [1.82, 2.24) is 4.90 Å². The van der Waals surface area contributed by atoms with Crippen molar-refractivity contribution in [1.29, 1.82) is 0 Å². The molecule has 0 amide bonds. The van der Waals surface area contributed by atoms with Crippen molar-refractivity contribution in [2.45, 2.75) is 38.1 Å². The highest BCUT2D eigenvalue weighted by atomic mass is 15.2. The topological polar surface area (TPSA) is 3.24 Å². The normalized spacial score (nSPS) is 41.7. The van der Waals surface area contributed by atoms with Crippen LogP contribution >= 0.6 is 0 Å². The third-order valence-electron chi connectivity index (χ3n) is 3.29. The van der Waals surface area contributed by atoms with Gasteiger partial charge in [-0.2, -0.15) is 0 Å². The van der Waals surface area contributed by atoms with Gasteiger partial charge < -0.3 is 4.90 Å². The van der Waals surface area contributed by atoms with Crippen LogP contribution in [0, 0.1) is 5.92 Å². The summed E-state index contributed by atoms with van der Waals surface area (Å²) in [6.07, 6.45) is 7.43. The van der Waals surface area contributed by atoms with Crippen LogP contribution in [0.5, 0.6) is 0 Å². The summed E-state index contributed by atoms with van der Waals surface area (Å²) in [5.74, 6) is 1.07. The second kappa shape index (κ2) is 2.54. The third-order valence-corrected chi connectivity index (χ3v) is 3.29. The van der Waals surface area contributed by atoms with Gasteiger partial charge in [-0.15, -0.1) is 0 Å².